The number of carbonyl (C=O) groups excluding carboxylic acids is 2. The summed E-state index contributed by atoms with van der Waals surface area (Å²) in [6, 6.07) is 5.08. The van der Waals surface area contributed by atoms with E-state index in [1.54, 1.807) is 31.4 Å². The van der Waals surface area contributed by atoms with Crippen molar-refractivity contribution in [3.05, 3.63) is 42.0 Å². The van der Waals surface area contributed by atoms with E-state index in [9.17, 15) is 9.59 Å². The van der Waals surface area contributed by atoms with E-state index in [1.165, 1.54) is 7.11 Å². The van der Waals surface area contributed by atoms with Crippen molar-refractivity contribution in [1.29, 1.82) is 0 Å². The van der Waals surface area contributed by atoms with E-state index < -0.39 is 5.97 Å². The summed E-state index contributed by atoms with van der Waals surface area (Å²) in [5, 5.41) is 5.82. The van der Waals surface area contributed by atoms with E-state index in [2.05, 4.69) is 15.6 Å². The number of benzene rings is 1. The zero-order valence-electron chi connectivity index (χ0n) is 15.0. The van der Waals surface area contributed by atoms with Crippen molar-refractivity contribution >= 4 is 23.3 Å². The lowest BCUT2D eigenvalue weighted by atomic mass is 10.1. The Labute approximate surface area is 147 Å². The summed E-state index contributed by atoms with van der Waals surface area (Å²) in [5.41, 5.74) is 1.45. The largest absolute Gasteiger partial charge is 0.465 e. The molecule has 2 N–H and O–H groups in total. The maximum atomic E-state index is 12.4. The number of hydrogen-bond acceptors (Lipinski definition) is 5. The van der Waals surface area contributed by atoms with Crippen molar-refractivity contribution in [2.75, 3.05) is 24.8 Å². The number of esters is 1. The zero-order valence-corrected chi connectivity index (χ0v) is 15.0. The van der Waals surface area contributed by atoms with Crippen LogP contribution in [0.4, 0.5) is 11.4 Å². The molecule has 1 atom stereocenters. The molecule has 0 saturated carbocycles. The second-order valence-corrected chi connectivity index (χ2v) is 5.68. The predicted molar refractivity (Wildman–Crippen MR) is 96.9 cm³/mol. The first kappa shape index (κ1) is 18.5. The van der Waals surface area contributed by atoms with Crippen LogP contribution in [-0.4, -0.2) is 35.6 Å². The molecule has 0 aliphatic rings. The highest BCUT2D eigenvalue weighted by Gasteiger charge is 2.18. The third kappa shape index (κ3) is 4.17. The van der Waals surface area contributed by atoms with Gasteiger partial charge in [-0.05, 0) is 19.1 Å². The van der Waals surface area contributed by atoms with Crippen LogP contribution in [-0.2, 0) is 16.0 Å². The Bertz CT molecular complexity index is 755. The minimum absolute atomic E-state index is 0.0146. The number of nitrogens with one attached hydrogen (secondary N) is 2. The molecular formula is C18H24N4O3. The molecule has 0 aliphatic carbocycles. The average Bonchev–Trinajstić information content (AvgIpc) is 3.09. The van der Waals surface area contributed by atoms with Gasteiger partial charge in [0.2, 0.25) is 5.91 Å². The fourth-order valence-corrected chi connectivity index (χ4v) is 2.79. The third-order valence-corrected chi connectivity index (χ3v) is 4.01. The molecule has 0 fully saturated rings. The van der Waals surface area contributed by atoms with Gasteiger partial charge in [0, 0.05) is 38.3 Å². The van der Waals surface area contributed by atoms with E-state index in [1.807, 2.05) is 24.6 Å². The summed E-state index contributed by atoms with van der Waals surface area (Å²) in [4.78, 5) is 28.6. The van der Waals surface area contributed by atoms with Crippen LogP contribution >= 0.6 is 0 Å². The van der Waals surface area contributed by atoms with Crippen LogP contribution in [0.5, 0.6) is 0 Å². The number of anilines is 2. The standard InChI is InChI=1S/C18H24N4O3/c1-5-15-20-9-10-22(15)12(2)11-16(23)21-14-8-6-7-13(17(14)19-3)18(24)25-4/h6-10,12,19H,5,11H2,1-4H3,(H,21,23). The minimum atomic E-state index is -0.458. The van der Waals surface area contributed by atoms with Gasteiger partial charge < -0.3 is 19.9 Å². The predicted octanol–water partition coefficient (Wildman–Crippen LogP) is 2.86. The van der Waals surface area contributed by atoms with Gasteiger partial charge in [-0.25, -0.2) is 9.78 Å². The molecule has 1 heterocycles. The number of carbonyl (C=O) groups is 2. The molecule has 2 rings (SSSR count). The first-order valence-electron chi connectivity index (χ1n) is 8.22. The quantitative estimate of drug-likeness (QED) is 0.755. The summed E-state index contributed by atoms with van der Waals surface area (Å²) in [5.74, 6) is 0.352. The van der Waals surface area contributed by atoms with Crippen molar-refractivity contribution in [3.63, 3.8) is 0 Å². The molecule has 0 spiro atoms. The number of aromatic nitrogens is 2. The Hall–Kier alpha value is -2.83. The number of imidazole rings is 1. The van der Waals surface area contributed by atoms with E-state index in [4.69, 9.17) is 4.74 Å². The lowest BCUT2D eigenvalue weighted by molar-refractivity contribution is -0.116. The Balaban J connectivity index is 2.14. The van der Waals surface area contributed by atoms with Crippen LogP contribution < -0.4 is 10.6 Å². The lowest BCUT2D eigenvalue weighted by Gasteiger charge is -2.17. The van der Waals surface area contributed by atoms with Crippen LogP contribution in [0.25, 0.3) is 0 Å². The molecule has 0 aliphatic heterocycles. The molecule has 0 radical (unpaired) electrons. The van der Waals surface area contributed by atoms with Crippen LogP contribution in [0, 0.1) is 0 Å². The maximum Gasteiger partial charge on any atom is 0.340 e. The molecule has 1 aromatic heterocycles. The summed E-state index contributed by atoms with van der Waals surface area (Å²) in [6.07, 6.45) is 4.73. The van der Waals surface area contributed by atoms with E-state index in [0.29, 0.717) is 23.4 Å². The van der Waals surface area contributed by atoms with Crippen molar-refractivity contribution in [3.8, 4) is 0 Å². The van der Waals surface area contributed by atoms with E-state index in [-0.39, 0.29) is 11.9 Å². The van der Waals surface area contributed by atoms with Crippen LogP contribution in [0.1, 0.15) is 42.5 Å². The van der Waals surface area contributed by atoms with Gasteiger partial charge in [0.15, 0.2) is 0 Å². The highest BCUT2D eigenvalue weighted by molar-refractivity contribution is 6.02. The summed E-state index contributed by atoms with van der Waals surface area (Å²) in [6.45, 7) is 4.01. The molecule has 1 aromatic carbocycles. The van der Waals surface area contributed by atoms with Gasteiger partial charge in [-0.1, -0.05) is 13.0 Å². The van der Waals surface area contributed by atoms with Crippen LogP contribution in [0.3, 0.4) is 0 Å². The Kier molecular flexibility index (Phi) is 6.16. The third-order valence-electron chi connectivity index (χ3n) is 4.01. The summed E-state index contributed by atoms with van der Waals surface area (Å²) >= 11 is 0. The van der Waals surface area contributed by atoms with Crippen molar-refractivity contribution in [2.24, 2.45) is 0 Å². The fraction of sp³-hybridized carbons (Fsp3) is 0.389. The van der Waals surface area contributed by atoms with Gasteiger partial charge in [0.05, 0.1) is 24.0 Å². The van der Waals surface area contributed by atoms with Gasteiger partial charge in [-0.3, -0.25) is 4.79 Å². The molecule has 0 bridgehead atoms. The maximum absolute atomic E-state index is 12.4. The normalized spacial score (nSPS) is 11.7. The van der Waals surface area contributed by atoms with Crippen LogP contribution in [0.2, 0.25) is 0 Å². The molecular weight excluding hydrogens is 320 g/mol. The number of para-hydroxylation sites is 1. The molecule has 1 unspecified atom stereocenters. The fourth-order valence-electron chi connectivity index (χ4n) is 2.79. The number of amides is 1. The Morgan fingerprint density at radius 1 is 1.36 bits per heavy atom. The second-order valence-electron chi connectivity index (χ2n) is 5.68. The monoisotopic (exact) mass is 344 g/mol. The smallest absolute Gasteiger partial charge is 0.340 e. The van der Waals surface area contributed by atoms with Crippen LogP contribution in [0.15, 0.2) is 30.6 Å². The van der Waals surface area contributed by atoms with Crippen molar-refractivity contribution in [2.45, 2.75) is 32.7 Å². The summed E-state index contributed by atoms with van der Waals surface area (Å²) in [7, 11) is 3.02. The van der Waals surface area contributed by atoms with E-state index >= 15 is 0 Å². The molecule has 2 aromatic rings. The number of methoxy groups -OCH3 is 1. The molecule has 1 amide bonds. The average molecular weight is 344 g/mol. The van der Waals surface area contributed by atoms with Gasteiger partial charge in [0.1, 0.15) is 5.82 Å². The number of aryl methyl sites for hydroxylation is 1. The van der Waals surface area contributed by atoms with E-state index in [0.717, 1.165) is 12.2 Å². The van der Waals surface area contributed by atoms with Gasteiger partial charge in [0.25, 0.3) is 0 Å². The number of ether oxygens (including phenoxy) is 1. The number of hydrogen-bond donors (Lipinski definition) is 2. The molecule has 25 heavy (non-hydrogen) atoms. The van der Waals surface area contributed by atoms with Gasteiger partial charge in [-0.2, -0.15) is 0 Å². The van der Waals surface area contributed by atoms with Gasteiger partial charge >= 0.3 is 5.97 Å². The first-order chi connectivity index (χ1) is 12.0. The highest BCUT2D eigenvalue weighted by Crippen LogP contribution is 2.27. The van der Waals surface area contributed by atoms with Crippen molar-refractivity contribution < 1.29 is 14.3 Å². The number of rotatable bonds is 7. The van der Waals surface area contributed by atoms with Crippen molar-refractivity contribution in [1.82, 2.24) is 9.55 Å². The highest BCUT2D eigenvalue weighted by atomic mass is 16.5. The molecule has 0 saturated heterocycles. The first-order valence-corrected chi connectivity index (χ1v) is 8.22. The van der Waals surface area contributed by atoms with Gasteiger partial charge in [-0.15, -0.1) is 0 Å². The number of nitrogens with zero attached hydrogens (tertiary/aromatic N) is 2. The Morgan fingerprint density at radius 2 is 2.12 bits per heavy atom. The minimum Gasteiger partial charge on any atom is -0.465 e. The molecule has 7 heteroatoms. The zero-order chi connectivity index (χ0) is 18.4. The Morgan fingerprint density at radius 3 is 2.76 bits per heavy atom. The second kappa shape index (κ2) is 8.32. The molecule has 7 nitrogen and oxygen atoms in total. The topological polar surface area (TPSA) is 85.2 Å². The summed E-state index contributed by atoms with van der Waals surface area (Å²) < 4.78 is 6.78. The SMILES string of the molecule is CCc1nccn1C(C)CC(=O)Nc1cccc(C(=O)OC)c1NC. The lowest BCUT2D eigenvalue weighted by Crippen LogP contribution is -2.19. The molecule has 134 valence electrons.